The summed E-state index contributed by atoms with van der Waals surface area (Å²) in [6.07, 6.45) is 3.99. The molecule has 3 N–H and O–H groups in total. The summed E-state index contributed by atoms with van der Waals surface area (Å²) in [5, 5.41) is 0. The average molecular weight is 393 g/mol. The van der Waals surface area contributed by atoms with Crippen molar-refractivity contribution in [3.63, 3.8) is 0 Å². The summed E-state index contributed by atoms with van der Waals surface area (Å²) in [6, 6.07) is 6.40. The third-order valence-electron chi connectivity index (χ3n) is 4.35. The van der Waals surface area contributed by atoms with Gasteiger partial charge in [-0.05, 0) is 56.5 Å². The van der Waals surface area contributed by atoms with E-state index in [1.54, 1.807) is 24.3 Å². The first-order valence-electron chi connectivity index (χ1n) is 8.60. The minimum absolute atomic E-state index is 0. The normalized spacial score (nSPS) is 20.7. The van der Waals surface area contributed by atoms with Crippen LogP contribution in [0.1, 0.15) is 32.6 Å². The van der Waals surface area contributed by atoms with Crippen LogP contribution in [0, 0.1) is 5.92 Å². The largest absolute Gasteiger partial charge is 0.491 e. The first-order valence-corrected chi connectivity index (χ1v) is 10.1. The molecule has 0 spiro atoms. The number of halogens is 1. The van der Waals surface area contributed by atoms with Crippen LogP contribution in [0.5, 0.6) is 5.75 Å². The number of ether oxygens (including phenoxy) is 2. The third kappa shape index (κ3) is 6.75. The second-order valence-corrected chi connectivity index (χ2v) is 7.74. The Hall–Kier alpha value is -0.860. The van der Waals surface area contributed by atoms with Crippen LogP contribution in [0.15, 0.2) is 29.2 Å². The van der Waals surface area contributed by atoms with Gasteiger partial charge in [0, 0.05) is 12.6 Å². The van der Waals surface area contributed by atoms with Crippen LogP contribution in [-0.4, -0.2) is 40.8 Å². The van der Waals surface area contributed by atoms with Gasteiger partial charge in [-0.15, -0.1) is 12.4 Å². The number of sulfonamides is 1. The molecule has 0 heterocycles. The Labute approximate surface area is 156 Å². The van der Waals surface area contributed by atoms with Gasteiger partial charge < -0.3 is 15.2 Å². The summed E-state index contributed by atoms with van der Waals surface area (Å²) in [5.74, 6) is 0.848. The van der Waals surface area contributed by atoms with Crippen molar-refractivity contribution >= 4 is 22.4 Å². The zero-order valence-electron chi connectivity index (χ0n) is 14.6. The van der Waals surface area contributed by atoms with Crippen LogP contribution in [0.25, 0.3) is 0 Å². The van der Waals surface area contributed by atoms with Gasteiger partial charge in [-0.1, -0.05) is 12.8 Å². The Morgan fingerprint density at radius 1 is 1.16 bits per heavy atom. The smallest absolute Gasteiger partial charge is 0.240 e. The zero-order valence-corrected chi connectivity index (χ0v) is 16.3. The fourth-order valence-corrected chi connectivity index (χ4v) is 4.33. The number of nitrogens with two attached hydrogens (primary N) is 1. The highest BCUT2D eigenvalue weighted by Gasteiger charge is 2.28. The summed E-state index contributed by atoms with van der Waals surface area (Å²) >= 11 is 0. The fraction of sp³-hybridized carbons (Fsp3) is 0.647. The molecule has 0 amide bonds. The first-order chi connectivity index (χ1) is 11.6. The minimum Gasteiger partial charge on any atom is -0.491 e. The second-order valence-electron chi connectivity index (χ2n) is 6.02. The van der Waals surface area contributed by atoms with E-state index in [-0.39, 0.29) is 29.3 Å². The predicted molar refractivity (Wildman–Crippen MR) is 101 cm³/mol. The number of hydrogen-bond acceptors (Lipinski definition) is 5. The molecule has 25 heavy (non-hydrogen) atoms. The number of hydrogen-bond donors (Lipinski definition) is 2. The summed E-state index contributed by atoms with van der Waals surface area (Å²) < 4.78 is 38.6. The van der Waals surface area contributed by atoms with Crippen LogP contribution in [-0.2, 0) is 14.8 Å². The first kappa shape index (κ1) is 22.2. The van der Waals surface area contributed by atoms with Gasteiger partial charge in [0.2, 0.25) is 10.0 Å². The standard InChI is InChI=1S/C17H28N2O4S.ClH/c1-2-22-11-12-23-15-7-9-16(10-8-15)24(20,21)19-17-6-4-3-5-14(17)13-18;/h7-10,14,17,19H,2-6,11-13,18H2,1H3;1H. The summed E-state index contributed by atoms with van der Waals surface area (Å²) in [7, 11) is -3.53. The van der Waals surface area contributed by atoms with Crippen molar-refractivity contribution in [2.45, 2.75) is 43.5 Å². The van der Waals surface area contributed by atoms with E-state index in [0.717, 1.165) is 25.7 Å². The van der Waals surface area contributed by atoms with Gasteiger partial charge in [-0.3, -0.25) is 0 Å². The van der Waals surface area contributed by atoms with Crippen molar-refractivity contribution < 1.29 is 17.9 Å². The van der Waals surface area contributed by atoms with Gasteiger partial charge in [0.1, 0.15) is 12.4 Å². The molecule has 2 rings (SSSR count). The van der Waals surface area contributed by atoms with E-state index in [2.05, 4.69) is 4.72 Å². The molecule has 2 atom stereocenters. The molecule has 1 aliphatic rings. The molecule has 1 aromatic rings. The molecule has 1 aliphatic carbocycles. The molecule has 1 aromatic carbocycles. The van der Waals surface area contributed by atoms with Crippen molar-refractivity contribution in [3.05, 3.63) is 24.3 Å². The van der Waals surface area contributed by atoms with Crippen molar-refractivity contribution in [2.24, 2.45) is 11.7 Å². The Morgan fingerprint density at radius 3 is 2.48 bits per heavy atom. The summed E-state index contributed by atoms with van der Waals surface area (Å²) in [6.45, 7) is 4.05. The van der Waals surface area contributed by atoms with Crippen LogP contribution in [0.2, 0.25) is 0 Å². The Morgan fingerprint density at radius 2 is 1.84 bits per heavy atom. The maximum Gasteiger partial charge on any atom is 0.240 e. The zero-order chi connectivity index (χ0) is 17.4. The highest BCUT2D eigenvalue weighted by molar-refractivity contribution is 7.89. The molecule has 1 saturated carbocycles. The monoisotopic (exact) mass is 392 g/mol. The second kappa shape index (κ2) is 11.0. The lowest BCUT2D eigenvalue weighted by Crippen LogP contribution is -2.44. The molecule has 0 radical (unpaired) electrons. The van der Waals surface area contributed by atoms with E-state index in [1.165, 1.54) is 0 Å². The highest BCUT2D eigenvalue weighted by atomic mass is 35.5. The van der Waals surface area contributed by atoms with Crippen molar-refractivity contribution in [1.29, 1.82) is 0 Å². The van der Waals surface area contributed by atoms with Gasteiger partial charge in [0.25, 0.3) is 0 Å². The van der Waals surface area contributed by atoms with Gasteiger partial charge >= 0.3 is 0 Å². The van der Waals surface area contributed by atoms with E-state index in [9.17, 15) is 8.42 Å². The number of rotatable bonds is 9. The van der Waals surface area contributed by atoms with Gasteiger partial charge in [-0.2, -0.15) is 0 Å². The topological polar surface area (TPSA) is 90.6 Å². The maximum absolute atomic E-state index is 12.6. The maximum atomic E-state index is 12.6. The number of nitrogens with one attached hydrogen (secondary N) is 1. The predicted octanol–water partition coefficient (Wildman–Crippen LogP) is 2.32. The van der Waals surface area contributed by atoms with Gasteiger partial charge in [0.15, 0.2) is 0 Å². The van der Waals surface area contributed by atoms with Crippen molar-refractivity contribution in [2.75, 3.05) is 26.4 Å². The Balaban J connectivity index is 0.00000312. The minimum atomic E-state index is -3.53. The Kier molecular flexibility index (Phi) is 9.74. The molecule has 0 aliphatic heterocycles. The van der Waals surface area contributed by atoms with E-state index in [0.29, 0.717) is 32.1 Å². The van der Waals surface area contributed by atoms with Crippen molar-refractivity contribution in [1.82, 2.24) is 4.72 Å². The molecular formula is C17H29ClN2O4S. The Bertz CT molecular complexity index is 595. The molecule has 2 unspecified atom stereocenters. The lowest BCUT2D eigenvalue weighted by Gasteiger charge is -2.31. The van der Waals surface area contributed by atoms with Crippen LogP contribution in [0.3, 0.4) is 0 Å². The van der Waals surface area contributed by atoms with Crippen LogP contribution in [0.4, 0.5) is 0 Å². The number of benzene rings is 1. The van der Waals surface area contributed by atoms with E-state index < -0.39 is 10.0 Å². The molecular weight excluding hydrogens is 364 g/mol. The lowest BCUT2D eigenvalue weighted by molar-refractivity contribution is 0.110. The van der Waals surface area contributed by atoms with Crippen LogP contribution >= 0.6 is 12.4 Å². The van der Waals surface area contributed by atoms with E-state index >= 15 is 0 Å². The molecule has 0 saturated heterocycles. The molecule has 0 aromatic heterocycles. The molecule has 8 heteroatoms. The fourth-order valence-electron chi connectivity index (χ4n) is 2.99. The third-order valence-corrected chi connectivity index (χ3v) is 5.86. The van der Waals surface area contributed by atoms with E-state index in [1.807, 2.05) is 6.92 Å². The molecule has 1 fully saturated rings. The lowest BCUT2D eigenvalue weighted by atomic mass is 9.85. The molecule has 144 valence electrons. The molecule has 6 nitrogen and oxygen atoms in total. The SMILES string of the molecule is CCOCCOc1ccc(S(=O)(=O)NC2CCCCC2CN)cc1.Cl. The average Bonchev–Trinajstić information content (AvgIpc) is 2.59. The van der Waals surface area contributed by atoms with Gasteiger partial charge in [-0.25, -0.2) is 13.1 Å². The highest BCUT2D eigenvalue weighted by Crippen LogP contribution is 2.25. The summed E-state index contributed by atoms with van der Waals surface area (Å²) in [5.41, 5.74) is 5.78. The van der Waals surface area contributed by atoms with Crippen molar-refractivity contribution in [3.8, 4) is 5.75 Å². The van der Waals surface area contributed by atoms with Gasteiger partial charge in [0.05, 0.1) is 11.5 Å². The summed E-state index contributed by atoms with van der Waals surface area (Å²) in [4.78, 5) is 0.251. The quantitative estimate of drug-likeness (QED) is 0.629. The molecule has 0 bridgehead atoms. The van der Waals surface area contributed by atoms with Crippen LogP contribution < -0.4 is 15.2 Å². The van der Waals surface area contributed by atoms with E-state index in [4.69, 9.17) is 15.2 Å².